The molecule has 2 aliphatic heterocycles. The van der Waals surface area contributed by atoms with Gasteiger partial charge in [-0.15, -0.1) is 0 Å². The van der Waals surface area contributed by atoms with Crippen LogP contribution in [0.2, 0.25) is 0 Å². The predicted molar refractivity (Wildman–Crippen MR) is 133 cm³/mol. The van der Waals surface area contributed by atoms with Gasteiger partial charge in [0.05, 0.1) is 12.6 Å². The summed E-state index contributed by atoms with van der Waals surface area (Å²) in [4.78, 5) is 2.55. The van der Waals surface area contributed by atoms with Crippen molar-refractivity contribution in [2.24, 2.45) is 0 Å². The van der Waals surface area contributed by atoms with Gasteiger partial charge in [0.25, 0.3) is 0 Å². The number of fused-ring (bicyclic) bond motifs is 6. The number of hydrogen-bond acceptors (Lipinski definition) is 4. The van der Waals surface area contributed by atoms with Crippen LogP contribution in [0.15, 0.2) is 60.7 Å². The Morgan fingerprint density at radius 1 is 1.03 bits per heavy atom. The second-order valence-electron chi connectivity index (χ2n) is 9.37. The molecule has 0 saturated carbocycles. The number of methoxy groups -OCH3 is 1. The lowest BCUT2D eigenvalue weighted by atomic mass is 9.85. The van der Waals surface area contributed by atoms with Gasteiger partial charge in [-0.05, 0) is 65.8 Å². The van der Waals surface area contributed by atoms with Gasteiger partial charge in [0.15, 0.2) is 11.5 Å². The fraction of sp³-hybridized carbons (Fsp3) is 0.310. The molecule has 4 aromatic rings. The molecule has 174 valence electrons. The lowest BCUT2D eigenvalue weighted by molar-refractivity contribution is 0.145. The van der Waals surface area contributed by atoms with Crippen molar-refractivity contribution in [3.05, 3.63) is 94.2 Å². The van der Waals surface area contributed by atoms with Crippen LogP contribution < -0.4 is 9.47 Å². The van der Waals surface area contributed by atoms with Crippen LogP contribution in [0.3, 0.4) is 0 Å². The fourth-order valence-electron chi connectivity index (χ4n) is 5.77. The molecule has 1 aromatic heterocycles. The highest BCUT2D eigenvalue weighted by atomic mass is 16.5. The minimum atomic E-state index is 0.0129. The highest BCUT2D eigenvalue weighted by Gasteiger charge is 2.35. The van der Waals surface area contributed by atoms with Crippen molar-refractivity contribution in [3.63, 3.8) is 0 Å². The van der Waals surface area contributed by atoms with Gasteiger partial charge in [0.2, 0.25) is 0 Å². The molecule has 6 rings (SSSR count). The molecule has 0 aliphatic carbocycles. The average Bonchev–Trinajstić information content (AvgIpc) is 3.19. The van der Waals surface area contributed by atoms with E-state index in [-0.39, 0.29) is 6.73 Å². The molecule has 0 radical (unpaired) electrons. The topological polar surface area (TPSA) is 46.9 Å². The molecule has 3 aromatic carbocycles. The first-order chi connectivity index (χ1) is 16.7. The van der Waals surface area contributed by atoms with Crippen molar-refractivity contribution in [1.29, 1.82) is 0 Å². The lowest BCUT2D eigenvalue weighted by Crippen LogP contribution is -2.39. The molecule has 5 heteroatoms. The van der Waals surface area contributed by atoms with E-state index < -0.39 is 0 Å². The van der Waals surface area contributed by atoms with Crippen LogP contribution >= 0.6 is 0 Å². The quantitative estimate of drug-likeness (QED) is 0.454. The summed E-state index contributed by atoms with van der Waals surface area (Å²) in [7, 11) is 1.72. The normalized spacial score (nSPS) is 17.2. The molecule has 0 spiro atoms. The summed E-state index contributed by atoms with van der Waals surface area (Å²) in [5, 5.41) is 11.4. The summed E-state index contributed by atoms with van der Waals surface area (Å²) in [6, 6.07) is 21.4. The molecule has 34 heavy (non-hydrogen) atoms. The van der Waals surface area contributed by atoms with Crippen LogP contribution in [0.4, 0.5) is 0 Å². The number of benzene rings is 3. The molecule has 1 atom stereocenters. The van der Waals surface area contributed by atoms with Gasteiger partial charge in [-0.1, -0.05) is 42.5 Å². The van der Waals surface area contributed by atoms with Crippen LogP contribution in [0.5, 0.6) is 11.5 Å². The first-order valence-corrected chi connectivity index (χ1v) is 12.0. The van der Waals surface area contributed by atoms with Gasteiger partial charge < -0.3 is 19.1 Å². The lowest BCUT2D eigenvalue weighted by Gasteiger charge is -2.41. The van der Waals surface area contributed by atoms with Crippen molar-refractivity contribution < 1.29 is 14.6 Å². The molecule has 0 amide bonds. The molecule has 3 heterocycles. The highest BCUT2D eigenvalue weighted by molar-refractivity contribution is 5.86. The minimum absolute atomic E-state index is 0.0129. The Bertz CT molecular complexity index is 1370. The number of hydrogen-bond donors (Lipinski definition) is 1. The van der Waals surface area contributed by atoms with E-state index in [1.807, 2.05) is 6.07 Å². The Morgan fingerprint density at radius 3 is 2.68 bits per heavy atom. The van der Waals surface area contributed by atoms with Gasteiger partial charge in [-0.2, -0.15) is 0 Å². The van der Waals surface area contributed by atoms with Gasteiger partial charge in [-0.25, -0.2) is 0 Å². The Kier molecular flexibility index (Phi) is 5.31. The molecule has 2 aliphatic rings. The zero-order valence-corrected chi connectivity index (χ0v) is 19.8. The van der Waals surface area contributed by atoms with Gasteiger partial charge >= 0.3 is 0 Å². The first-order valence-electron chi connectivity index (χ1n) is 12.0. The van der Waals surface area contributed by atoms with E-state index in [2.05, 4.69) is 71.0 Å². The summed E-state index contributed by atoms with van der Waals surface area (Å²) in [5.41, 5.74) is 8.81. The number of nitrogens with zero attached hydrogens (tertiary/aromatic N) is 2. The third-order valence-corrected chi connectivity index (χ3v) is 7.62. The largest absolute Gasteiger partial charge is 0.493 e. The first kappa shape index (κ1) is 21.3. The molecular weight excluding hydrogens is 424 g/mol. The second-order valence-corrected chi connectivity index (χ2v) is 9.37. The number of para-hydroxylation sites is 1. The molecule has 1 unspecified atom stereocenters. The van der Waals surface area contributed by atoms with E-state index in [9.17, 15) is 5.11 Å². The molecule has 1 N–H and O–H groups in total. The molecule has 0 saturated heterocycles. The van der Waals surface area contributed by atoms with E-state index in [0.717, 1.165) is 42.9 Å². The van der Waals surface area contributed by atoms with Gasteiger partial charge in [0, 0.05) is 30.2 Å². The number of aliphatic hydroxyl groups excluding tert-OH is 1. The molecule has 0 bridgehead atoms. The number of aliphatic hydroxyl groups is 1. The van der Waals surface area contributed by atoms with Crippen LogP contribution in [0.1, 0.15) is 39.6 Å². The number of rotatable bonds is 5. The summed E-state index contributed by atoms with van der Waals surface area (Å²) in [6.45, 7) is 4.49. The monoisotopic (exact) mass is 454 g/mol. The van der Waals surface area contributed by atoms with Crippen molar-refractivity contribution in [2.75, 3.05) is 13.7 Å². The SMILES string of the molecule is COc1cc2c(cc1OCc1ccccc1C)C1Cc3c(n(CO)c4ccccc34)CN1CC2. The van der Waals surface area contributed by atoms with Crippen LogP contribution in [-0.2, 0) is 32.7 Å². The zero-order valence-electron chi connectivity index (χ0n) is 19.8. The molecular formula is C29H30N2O3. The predicted octanol–water partition coefficient (Wildman–Crippen LogP) is 5.14. The van der Waals surface area contributed by atoms with E-state index in [1.165, 1.54) is 38.9 Å². The Labute approximate surface area is 200 Å². The Morgan fingerprint density at radius 2 is 1.85 bits per heavy atom. The summed E-state index contributed by atoms with van der Waals surface area (Å²) in [5.74, 6) is 1.60. The van der Waals surface area contributed by atoms with E-state index in [0.29, 0.717) is 12.6 Å². The average molecular weight is 455 g/mol. The number of aryl methyl sites for hydroxylation is 1. The highest BCUT2D eigenvalue weighted by Crippen LogP contribution is 2.44. The van der Waals surface area contributed by atoms with Crippen LogP contribution in [0, 0.1) is 6.92 Å². The third kappa shape index (κ3) is 3.39. The van der Waals surface area contributed by atoms with E-state index in [1.54, 1.807) is 7.11 Å². The molecule has 5 nitrogen and oxygen atoms in total. The summed E-state index contributed by atoms with van der Waals surface area (Å²) in [6.07, 6.45) is 1.91. The van der Waals surface area contributed by atoms with Crippen molar-refractivity contribution in [2.45, 2.75) is 45.7 Å². The second kappa shape index (κ2) is 8.49. The fourth-order valence-corrected chi connectivity index (χ4v) is 5.77. The Balaban J connectivity index is 1.38. The van der Waals surface area contributed by atoms with Crippen LogP contribution in [-0.4, -0.2) is 28.2 Å². The summed E-state index contributed by atoms with van der Waals surface area (Å²) < 4.78 is 14.1. The third-order valence-electron chi connectivity index (χ3n) is 7.62. The van der Waals surface area contributed by atoms with E-state index >= 15 is 0 Å². The zero-order chi connectivity index (χ0) is 23.2. The standard InChI is InChI=1S/C29H30N2O3/c1-19-7-3-4-8-21(19)17-34-29-15-23-20(13-28(29)33-2)11-12-30-16-27-24(14-26(23)30)22-9-5-6-10-25(22)31(27)18-32/h3-10,13,15,26,32H,11-12,14,16-18H2,1-2H3. The molecule has 0 fully saturated rings. The van der Waals surface area contributed by atoms with Gasteiger partial charge in [-0.3, -0.25) is 4.90 Å². The smallest absolute Gasteiger partial charge is 0.162 e. The maximum Gasteiger partial charge on any atom is 0.162 e. The van der Waals surface area contributed by atoms with Crippen molar-refractivity contribution >= 4 is 10.9 Å². The maximum absolute atomic E-state index is 10.1. The minimum Gasteiger partial charge on any atom is -0.493 e. The number of aromatic nitrogens is 1. The Hall–Kier alpha value is -3.28. The number of ether oxygens (including phenoxy) is 2. The van der Waals surface area contributed by atoms with Crippen molar-refractivity contribution in [1.82, 2.24) is 9.47 Å². The maximum atomic E-state index is 10.1. The van der Waals surface area contributed by atoms with Crippen molar-refractivity contribution in [3.8, 4) is 11.5 Å². The van der Waals surface area contributed by atoms with Crippen LogP contribution in [0.25, 0.3) is 10.9 Å². The van der Waals surface area contributed by atoms with Gasteiger partial charge in [0.1, 0.15) is 13.3 Å². The van der Waals surface area contributed by atoms with E-state index in [4.69, 9.17) is 9.47 Å². The summed E-state index contributed by atoms with van der Waals surface area (Å²) >= 11 is 0.